The van der Waals surface area contributed by atoms with Gasteiger partial charge in [-0.15, -0.1) is 0 Å². The van der Waals surface area contributed by atoms with E-state index < -0.39 is 17.6 Å². The number of halogens is 3. The number of amides is 1. The van der Waals surface area contributed by atoms with Gasteiger partial charge in [0.25, 0.3) is 5.91 Å². The molecule has 0 aliphatic carbocycles. The van der Waals surface area contributed by atoms with Gasteiger partial charge in [-0.2, -0.15) is 18.3 Å². The molecule has 0 bridgehead atoms. The number of rotatable bonds is 6. The summed E-state index contributed by atoms with van der Waals surface area (Å²) in [5, 5.41) is 6.13. The molecular weight excluding hydrogens is 325 g/mol. The molecule has 0 aliphatic rings. The monoisotopic (exact) mass is 342 g/mol. The Morgan fingerprint density at radius 2 is 2.00 bits per heavy atom. The van der Waals surface area contributed by atoms with Crippen molar-refractivity contribution in [2.75, 3.05) is 26.0 Å². The summed E-state index contributed by atoms with van der Waals surface area (Å²) in [6, 6.07) is 6.48. The Kier molecular flexibility index (Phi) is 5.45. The lowest BCUT2D eigenvalue weighted by Gasteiger charge is -2.06. The zero-order valence-corrected chi connectivity index (χ0v) is 12.9. The normalized spacial score (nSPS) is 11.5. The fourth-order valence-corrected chi connectivity index (χ4v) is 2.06. The molecule has 1 aromatic heterocycles. The second kappa shape index (κ2) is 7.35. The standard InChI is InChI=1S/C15H17F3N4O2/c1-24-7-6-20-14(23)11-4-2-10(3-5-11)8-22-9-12(19)13(21-22)15(16,17)18/h2-5,9H,6-8,19H2,1H3,(H,20,23). The first-order valence-corrected chi connectivity index (χ1v) is 7.07. The van der Waals surface area contributed by atoms with Crippen LogP contribution < -0.4 is 11.1 Å². The van der Waals surface area contributed by atoms with Crippen LogP contribution in [0.4, 0.5) is 18.9 Å². The van der Waals surface area contributed by atoms with E-state index in [1.54, 1.807) is 24.3 Å². The van der Waals surface area contributed by atoms with Crippen molar-refractivity contribution >= 4 is 11.6 Å². The van der Waals surface area contributed by atoms with Crippen molar-refractivity contribution < 1.29 is 22.7 Å². The van der Waals surface area contributed by atoms with Crippen LogP contribution in [0.15, 0.2) is 30.5 Å². The Hall–Kier alpha value is -2.55. The van der Waals surface area contributed by atoms with Crippen molar-refractivity contribution in [1.29, 1.82) is 0 Å². The van der Waals surface area contributed by atoms with E-state index in [2.05, 4.69) is 10.4 Å². The largest absolute Gasteiger partial charge is 0.437 e. The molecule has 130 valence electrons. The number of benzene rings is 1. The van der Waals surface area contributed by atoms with Gasteiger partial charge in [-0.25, -0.2) is 0 Å². The maximum atomic E-state index is 12.7. The van der Waals surface area contributed by atoms with Crippen LogP contribution in [0, 0.1) is 0 Å². The third kappa shape index (κ3) is 4.48. The number of nitrogens with one attached hydrogen (secondary N) is 1. The van der Waals surface area contributed by atoms with Gasteiger partial charge in [-0.1, -0.05) is 12.1 Å². The minimum absolute atomic E-state index is 0.117. The molecule has 2 aromatic rings. The Morgan fingerprint density at radius 1 is 1.33 bits per heavy atom. The molecule has 0 fully saturated rings. The van der Waals surface area contributed by atoms with Crippen molar-refractivity contribution in [2.45, 2.75) is 12.7 Å². The average molecular weight is 342 g/mol. The van der Waals surface area contributed by atoms with Gasteiger partial charge in [0.1, 0.15) is 0 Å². The lowest BCUT2D eigenvalue weighted by atomic mass is 10.1. The Bertz CT molecular complexity index is 696. The molecular formula is C15H17F3N4O2. The maximum absolute atomic E-state index is 12.7. The summed E-state index contributed by atoms with van der Waals surface area (Å²) in [6.07, 6.45) is -3.45. The van der Waals surface area contributed by atoms with Gasteiger partial charge in [0.2, 0.25) is 0 Å². The molecule has 0 spiro atoms. The first kappa shape index (κ1) is 17.8. The fourth-order valence-electron chi connectivity index (χ4n) is 2.06. The van der Waals surface area contributed by atoms with E-state index >= 15 is 0 Å². The number of anilines is 1. The molecule has 1 aromatic carbocycles. The molecule has 0 unspecified atom stereocenters. The summed E-state index contributed by atoms with van der Waals surface area (Å²) in [4.78, 5) is 11.8. The first-order chi connectivity index (χ1) is 11.3. The van der Waals surface area contributed by atoms with Crippen molar-refractivity contribution in [2.24, 2.45) is 0 Å². The highest BCUT2D eigenvalue weighted by molar-refractivity contribution is 5.94. The van der Waals surface area contributed by atoms with Crippen LogP contribution in [0.5, 0.6) is 0 Å². The van der Waals surface area contributed by atoms with Gasteiger partial charge < -0.3 is 15.8 Å². The van der Waals surface area contributed by atoms with E-state index in [0.29, 0.717) is 24.3 Å². The van der Waals surface area contributed by atoms with Gasteiger partial charge in [0, 0.05) is 25.4 Å². The zero-order valence-electron chi connectivity index (χ0n) is 12.9. The average Bonchev–Trinajstić information content (AvgIpc) is 2.89. The Labute approximate surface area is 136 Å². The second-order valence-corrected chi connectivity index (χ2v) is 5.07. The summed E-state index contributed by atoms with van der Waals surface area (Å²) in [7, 11) is 1.53. The summed E-state index contributed by atoms with van der Waals surface area (Å²) in [5.41, 5.74) is 4.96. The van der Waals surface area contributed by atoms with E-state index in [4.69, 9.17) is 10.5 Å². The van der Waals surface area contributed by atoms with E-state index in [-0.39, 0.29) is 12.5 Å². The van der Waals surface area contributed by atoms with Gasteiger partial charge >= 0.3 is 6.18 Å². The third-order valence-electron chi connectivity index (χ3n) is 3.21. The SMILES string of the molecule is COCCNC(=O)c1ccc(Cn2cc(N)c(C(F)(F)F)n2)cc1. The molecule has 9 heteroatoms. The zero-order chi connectivity index (χ0) is 17.7. The number of nitrogens with zero attached hydrogens (tertiary/aromatic N) is 2. The number of carbonyl (C=O) groups excluding carboxylic acids is 1. The van der Waals surface area contributed by atoms with Crippen LogP contribution >= 0.6 is 0 Å². The van der Waals surface area contributed by atoms with Crippen LogP contribution in [-0.2, 0) is 17.5 Å². The number of carbonyl (C=O) groups is 1. The number of ether oxygens (including phenoxy) is 1. The van der Waals surface area contributed by atoms with Gasteiger partial charge in [0.05, 0.1) is 18.8 Å². The summed E-state index contributed by atoms with van der Waals surface area (Å²) in [5.74, 6) is -0.249. The van der Waals surface area contributed by atoms with Gasteiger partial charge in [-0.05, 0) is 17.7 Å². The highest BCUT2D eigenvalue weighted by Crippen LogP contribution is 2.31. The molecule has 0 saturated carbocycles. The minimum Gasteiger partial charge on any atom is -0.396 e. The molecule has 6 nitrogen and oxygen atoms in total. The molecule has 2 rings (SSSR count). The van der Waals surface area contributed by atoms with Crippen LogP contribution in [-0.4, -0.2) is 35.9 Å². The van der Waals surface area contributed by atoms with Gasteiger partial charge in [-0.3, -0.25) is 9.48 Å². The van der Waals surface area contributed by atoms with Crippen molar-refractivity contribution in [3.63, 3.8) is 0 Å². The summed E-state index contributed by atoms with van der Waals surface area (Å²) < 4.78 is 43.9. The maximum Gasteiger partial charge on any atom is 0.437 e. The highest BCUT2D eigenvalue weighted by Gasteiger charge is 2.36. The lowest BCUT2D eigenvalue weighted by Crippen LogP contribution is -2.26. The quantitative estimate of drug-likeness (QED) is 0.786. The number of hydrogen-bond donors (Lipinski definition) is 2. The third-order valence-corrected chi connectivity index (χ3v) is 3.21. The predicted molar refractivity (Wildman–Crippen MR) is 81.4 cm³/mol. The highest BCUT2D eigenvalue weighted by atomic mass is 19.4. The Morgan fingerprint density at radius 3 is 2.54 bits per heavy atom. The van der Waals surface area contributed by atoms with E-state index in [9.17, 15) is 18.0 Å². The summed E-state index contributed by atoms with van der Waals surface area (Å²) >= 11 is 0. The molecule has 1 amide bonds. The van der Waals surface area contributed by atoms with E-state index in [1.165, 1.54) is 7.11 Å². The summed E-state index contributed by atoms with van der Waals surface area (Å²) in [6.45, 7) is 0.918. The molecule has 0 saturated heterocycles. The van der Waals surface area contributed by atoms with Crippen molar-refractivity contribution in [1.82, 2.24) is 15.1 Å². The minimum atomic E-state index is -4.58. The van der Waals surface area contributed by atoms with E-state index in [1.807, 2.05) is 0 Å². The molecule has 3 N–H and O–H groups in total. The molecule has 1 heterocycles. The number of aromatic nitrogens is 2. The number of nitrogen functional groups attached to an aromatic ring is 1. The fraction of sp³-hybridized carbons (Fsp3) is 0.333. The van der Waals surface area contributed by atoms with Crippen molar-refractivity contribution in [3.05, 3.63) is 47.3 Å². The molecule has 0 aliphatic heterocycles. The van der Waals surface area contributed by atoms with Crippen LogP contribution in [0.2, 0.25) is 0 Å². The lowest BCUT2D eigenvalue weighted by molar-refractivity contribution is -0.140. The number of nitrogens with two attached hydrogens (primary N) is 1. The first-order valence-electron chi connectivity index (χ1n) is 7.07. The predicted octanol–water partition coefficient (Wildman–Crippen LogP) is 1.91. The Balaban J connectivity index is 2.03. The number of hydrogen-bond acceptors (Lipinski definition) is 4. The van der Waals surface area contributed by atoms with Crippen LogP contribution in [0.1, 0.15) is 21.6 Å². The number of methoxy groups -OCH3 is 1. The van der Waals surface area contributed by atoms with Crippen LogP contribution in [0.3, 0.4) is 0 Å². The van der Waals surface area contributed by atoms with Crippen molar-refractivity contribution in [3.8, 4) is 0 Å². The second-order valence-electron chi connectivity index (χ2n) is 5.07. The van der Waals surface area contributed by atoms with Crippen LogP contribution in [0.25, 0.3) is 0 Å². The molecule has 0 radical (unpaired) electrons. The smallest absolute Gasteiger partial charge is 0.396 e. The molecule has 0 atom stereocenters. The van der Waals surface area contributed by atoms with Gasteiger partial charge in [0.15, 0.2) is 5.69 Å². The molecule has 24 heavy (non-hydrogen) atoms. The van der Waals surface area contributed by atoms with E-state index in [0.717, 1.165) is 10.9 Å². The number of alkyl halides is 3. The topological polar surface area (TPSA) is 82.2 Å².